The third-order valence-electron chi connectivity index (χ3n) is 10.5. The maximum Gasteiger partial charge on any atom is 0.328 e. The first-order valence-electron chi connectivity index (χ1n) is 22.5. The van der Waals surface area contributed by atoms with Crippen LogP contribution in [0.1, 0.15) is 99.8 Å². The second kappa shape index (κ2) is 29.4. The Morgan fingerprint density at radius 2 is 0.986 bits per heavy atom. The molecule has 27 heteroatoms. The number of nitrogens with two attached hydrogens (primary N) is 2. The number of nitrogens with one attached hydrogen (secondary N) is 9. The summed E-state index contributed by atoms with van der Waals surface area (Å²) in [6, 6.07) is -13.7. The Morgan fingerprint density at radius 3 is 1.43 bits per heavy atom. The lowest BCUT2D eigenvalue weighted by Crippen LogP contribution is -2.62. The van der Waals surface area contributed by atoms with Crippen LogP contribution in [0.25, 0.3) is 0 Å². The van der Waals surface area contributed by atoms with Gasteiger partial charge in [-0.2, -0.15) is 0 Å². The third kappa shape index (κ3) is 22.0. The number of carbonyl (C=O) groups excluding carboxylic acids is 10. The van der Waals surface area contributed by atoms with Crippen LogP contribution in [-0.4, -0.2) is 165 Å². The number of carbonyl (C=O) groups is 12. The lowest BCUT2D eigenvalue weighted by Gasteiger charge is -2.29. The van der Waals surface area contributed by atoms with E-state index in [0.29, 0.717) is 19.4 Å². The van der Waals surface area contributed by atoms with E-state index in [9.17, 15) is 78.0 Å². The van der Waals surface area contributed by atoms with Crippen molar-refractivity contribution in [3.63, 3.8) is 0 Å². The van der Waals surface area contributed by atoms with Gasteiger partial charge in [0.25, 0.3) is 0 Å². The Labute approximate surface area is 398 Å². The number of carboxylic acids is 2. The summed E-state index contributed by atoms with van der Waals surface area (Å²) in [5.74, 6) is -14.5. The fourth-order valence-electron chi connectivity index (χ4n) is 6.91. The van der Waals surface area contributed by atoms with Crippen LogP contribution >= 0.6 is 0 Å². The van der Waals surface area contributed by atoms with Crippen LogP contribution in [0.3, 0.4) is 0 Å². The molecule has 0 spiro atoms. The number of hydrogen-bond donors (Lipinski definition) is 15. The van der Waals surface area contributed by atoms with Crippen molar-refractivity contribution in [3.8, 4) is 0 Å². The SMILES string of the molecule is CC(C)CC(NC(=O)C(CCC(N)=O)NC(=O)C1CCCN1)C(=O)NC(C(=O)NC(CC(=O)O)C(=O)NC(C(=O)NC(CC(C)C)C(=O)NC(CC(N)=O)C(=O)NC(CO)C(=O)O)C(C)C)C(C)O. The summed E-state index contributed by atoms with van der Waals surface area (Å²) < 4.78 is 0. The topological polar surface area (TPSA) is 446 Å². The molecular weight excluding hydrogens is 915 g/mol. The number of hydrogen-bond acceptors (Lipinski definition) is 15. The van der Waals surface area contributed by atoms with E-state index in [0.717, 1.165) is 6.92 Å². The van der Waals surface area contributed by atoms with Crippen LogP contribution in [0, 0.1) is 17.8 Å². The zero-order valence-corrected chi connectivity index (χ0v) is 39.9. The van der Waals surface area contributed by atoms with Gasteiger partial charge in [-0.25, -0.2) is 4.79 Å². The van der Waals surface area contributed by atoms with Crippen molar-refractivity contribution in [3.05, 3.63) is 0 Å². The fourth-order valence-corrected chi connectivity index (χ4v) is 6.91. The number of aliphatic hydroxyl groups excluding tert-OH is 2. The highest BCUT2D eigenvalue weighted by atomic mass is 16.4. The molecule has 17 N–H and O–H groups in total. The summed E-state index contributed by atoms with van der Waals surface area (Å²) >= 11 is 0. The first-order chi connectivity index (χ1) is 32.1. The van der Waals surface area contributed by atoms with Gasteiger partial charge in [-0.05, 0) is 63.3 Å². The van der Waals surface area contributed by atoms with Crippen molar-refractivity contribution in [2.24, 2.45) is 29.2 Å². The molecule has 0 aliphatic carbocycles. The fraction of sp³-hybridized carbons (Fsp3) is 0.714. The summed E-state index contributed by atoms with van der Waals surface area (Å²) in [7, 11) is 0. The van der Waals surface area contributed by atoms with Crippen LogP contribution in [0.5, 0.6) is 0 Å². The molecule has 0 aromatic carbocycles. The van der Waals surface area contributed by atoms with Crippen molar-refractivity contribution in [1.29, 1.82) is 0 Å². The third-order valence-corrected chi connectivity index (χ3v) is 10.5. The molecule has 10 amide bonds. The molecule has 1 saturated heterocycles. The molecule has 0 bridgehead atoms. The number of primary amides is 2. The molecule has 10 atom stereocenters. The molecule has 69 heavy (non-hydrogen) atoms. The summed E-state index contributed by atoms with van der Waals surface area (Å²) in [4.78, 5) is 155. The predicted octanol–water partition coefficient (Wildman–Crippen LogP) is -5.56. The largest absolute Gasteiger partial charge is 0.481 e. The zero-order chi connectivity index (χ0) is 52.9. The smallest absolute Gasteiger partial charge is 0.328 e. The number of aliphatic carboxylic acids is 2. The molecular formula is C42H71N11O16. The normalized spacial score (nSPS) is 17.3. The highest BCUT2D eigenvalue weighted by Crippen LogP contribution is 2.13. The molecule has 0 saturated carbocycles. The van der Waals surface area contributed by atoms with Crippen LogP contribution in [0.4, 0.5) is 0 Å². The summed E-state index contributed by atoms with van der Waals surface area (Å²) in [5, 5.41) is 60.5. The Bertz CT molecular complexity index is 1860. The second-order valence-electron chi connectivity index (χ2n) is 18.0. The van der Waals surface area contributed by atoms with Gasteiger partial charge in [0.05, 0.1) is 31.6 Å². The number of amides is 10. The highest BCUT2D eigenvalue weighted by molar-refractivity contribution is 5.99. The minimum Gasteiger partial charge on any atom is -0.481 e. The molecule has 0 radical (unpaired) electrons. The predicted molar refractivity (Wildman–Crippen MR) is 241 cm³/mol. The molecule has 10 unspecified atom stereocenters. The Hall–Kier alpha value is -6.48. The van der Waals surface area contributed by atoms with Crippen molar-refractivity contribution < 1.29 is 78.0 Å². The Balaban J connectivity index is 3.35. The van der Waals surface area contributed by atoms with Gasteiger partial charge in [0.2, 0.25) is 59.1 Å². The minimum absolute atomic E-state index is 0.0318. The van der Waals surface area contributed by atoms with E-state index in [4.69, 9.17) is 11.5 Å². The first kappa shape index (κ1) is 60.5. The van der Waals surface area contributed by atoms with Crippen molar-refractivity contribution in [2.75, 3.05) is 13.2 Å². The van der Waals surface area contributed by atoms with Gasteiger partial charge in [-0.3, -0.25) is 52.7 Å². The van der Waals surface area contributed by atoms with E-state index in [-0.39, 0.29) is 37.5 Å². The van der Waals surface area contributed by atoms with E-state index in [2.05, 4.69) is 42.5 Å². The summed E-state index contributed by atoms with van der Waals surface area (Å²) in [6.07, 6.45) is -3.00. The minimum atomic E-state index is -1.95. The number of rotatable bonds is 31. The van der Waals surface area contributed by atoms with E-state index < -0.39 is 157 Å². The van der Waals surface area contributed by atoms with E-state index >= 15 is 0 Å². The maximum absolute atomic E-state index is 13.8. The standard InChI is InChI=1S/C42H71N11O16/c1-18(2)13-24(36(62)48-26(15-30(44)57)37(63)51-28(17-54)42(68)69)49-40(66)32(20(5)6)52-39(65)27(16-31(58)59)50-41(67)33(21(7)55)53-38(64)25(14-19(3)4)47-35(61)23(10-11-29(43)56)46-34(60)22-9-8-12-45-22/h18-28,32-33,45,54-55H,8-17H2,1-7H3,(H2,43,56)(H2,44,57)(H,46,60)(H,47,61)(H,48,62)(H,49,66)(H,50,67)(H,51,63)(H,52,65)(H,53,64)(H,58,59)(H,68,69). The van der Waals surface area contributed by atoms with Gasteiger partial charge >= 0.3 is 11.9 Å². The van der Waals surface area contributed by atoms with Crippen molar-refractivity contribution >= 4 is 71.0 Å². The van der Waals surface area contributed by atoms with Crippen LogP contribution in [0.15, 0.2) is 0 Å². The first-order valence-corrected chi connectivity index (χ1v) is 22.5. The van der Waals surface area contributed by atoms with Crippen LogP contribution in [0.2, 0.25) is 0 Å². The molecule has 1 aliphatic heterocycles. The van der Waals surface area contributed by atoms with Gasteiger partial charge in [-0.15, -0.1) is 0 Å². The number of carboxylic acid groups (broad SMARTS) is 2. The Morgan fingerprint density at radius 1 is 0.551 bits per heavy atom. The average molecular weight is 986 g/mol. The van der Waals surface area contributed by atoms with E-state index in [1.54, 1.807) is 27.7 Å². The van der Waals surface area contributed by atoms with Crippen molar-refractivity contribution in [1.82, 2.24) is 47.9 Å². The van der Waals surface area contributed by atoms with Gasteiger partial charge in [0.1, 0.15) is 48.3 Å². The summed E-state index contributed by atoms with van der Waals surface area (Å²) in [6.45, 7) is 10.4. The maximum atomic E-state index is 13.8. The quantitative estimate of drug-likeness (QED) is 0.0308. The molecule has 1 aliphatic rings. The molecule has 1 rings (SSSR count). The Kier molecular flexibility index (Phi) is 25.8. The van der Waals surface area contributed by atoms with Crippen LogP contribution < -0.4 is 59.3 Å². The van der Waals surface area contributed by atoms with Gasteiger partial charge in [0, 0.05) is 6.42 Å². The monoisotopic (exact) mass is 986 g/mol. The van der Waals surface area contributed by atoms with Gasteiger partial charge < -0.3 is 79.7 Å². The highest BCUT2D eigenvalue weighted by Gasteiger charge is 2.38. The van der Waals surface area contributed by atoms with E-state index in [1.807, 2.05) is 5.32 Å². The lowest BCUT2D eigenvalue weighted by atomic mass is 9.99. The van der Waals surface area contributed by atoms with Crippen molar-refractivity contribution in [2.45, 2.75) is 160 Å². The second-order valence-corrected chi connectivity index (χ2v) is 18.0. The lowest BCUT2D eigenvalue weighted by molar-refractivity contribution is -0.144. The zero-order valence-electron chi connectivity index (χ0n) is 39.9. The molecule has 1 heterocycles. The molecule has 390 valence electrons. The molecule has 1 fully saturated rings. The summed E-state index contributed by atoms with van der Waals surface area (Å²) in [5.41, 5.74) is 10.5. The molecule has 0 aromatic heterocycles. The van der Waals surface area contributed by atoms with Gasteiger partial charge in [-0.1, -0.05) is 41.5 Å². The van der Waals surface area contributed by atoms with Crippen LogP contribution in [-0.2, 0) is 57.5 Å². The molecule has 0 aromatic rings. The number of aliphatic hydroxyl groups is 2. The molecule has 27 nitrogen and oxygen atoms in total. The van der Waals surface area contributed by atoms with Gasteiger partial charge in [0.15, 0.2) is 0 Å². The average Bonchev–Trinajstić information content (AvgIpc) is 3.78. The van der Waals surface area contributed by atoms with E-state index in [1.165, 1.54) is 13.8 Å².